The normalized spacial score (nSPS) is 24.6. The van der Waals surface area contributed by atoms with Crippen molar-refractivity contribution in [2.45, 2.75) is 45.7 Å². The fourth-order valence-electron chi connectivity index (χ4n) is 2.57. The summed E-state index contributed by atoms with van der Waals surface area (Å²) in [6, 6.07) is 1.07. The molecular weight excluding hydrogens is 230 g/mol. The van der Waals surface area contributed by atoms with Crippen LogP contribution in [0.5, 0.6) is 0 Å². The van der Waals surface area contributed by atoms with E-state index >= 15 is 0 Å². The summed E-state index contributed by atoms with van der Waals surface area (Å²) in [4.78, 5) is 9.09. The number of fused-ring (bicyclic) bond motifs is 1. The molecule has 3 heterocycles. The molecule has 1 N–H and O–H groups in total. The third kappa shape index (κ3) is 1.85. The average molecular weight is 247 g/mol. The Bertz CT molecular complexity index is 561. The lowest BCUT2D eigenvalue weighted by Gasteiger charge is -2.12. The molecule has 17 heavy (non-hydrogen) atoms. The van der Waals surface area contributed by atoms with Gasteiger partial charge < -0.3 is 5.32 Å². The van der Waals surface area contributed by atoms with Gasteiger partial charge in [0.2, 0.25) is 0 Å². The molecule has 2 atom stereocenters. The molecule has 0 spiro atoms. The van der Waals surface area contributed by atoms with Gasteiger partial charge >= 0.3 is 0 Å². The third-order valence-corrected chi connectivity index (χ3v) is 4.51. The lowest BCUT2D eigenvalue weighted by molar-refractivity contribution is 0.587. The van der Waals surface area contributed by atoms with Crippen molar-refractivity contribution in [3.8, 4) is 0 Å². The largest absolute Gasteiger partial charge is 0.307 e. The molecule has 1 aliphatic heterocycles. The zero-order valence-corrected chi connectivity index (χ0v) is 11.3. The van der Waals surface area contributed by atoms with Crippen LogP contribution in [-0.4, -0.2) is 16.0 Å². The molecule has 2 aromatic rings. The maximum Gasteiger partial charge on any atom is 0.103 e. The minimum atomic E-state index is 0.459. The molecule has 0 aromatic carbocycles. The zero-order chi connectivity index (χ0) is 12.0. The molecule has 0 amide bonds. The molecule has 2 aromatic heterocycles. The van der Waals surface area contributed by atoms with E-state index in [4.69, 9.17) is 0 Å². The average Bonchev–Trinajstić information content (AvgIpc) is 2.85. The van der Waals surface area contributed by atoms with Gasteiger partial charge in [0, 0.05) is 23.8 Å². The molecule has 4 heteroatoms. The van der Waals surface area contributed by atoms with Crippen LogP contribution in [0, 0.1) is 13.8 Å². The molecule has 0 aliphatic carbocycles. The number of rotatable bonds is 1. The fourth-order valence-corrected chi connectivity index (χ4v) is 3.61. The second-order valence-corrected chi connectivity index (χ2v) is 6.11. The van der Waals surface area contributed by atoms with Gasteiger partial charge in [-0.3, -0.25) is 4.98 Å². The van der Waals surface area contributed by atoms with E-state index in [0.717, 1.165) is 16.2 Å². The summed E-state index contributed by atoms with van der Waals surface area (Å²) in [5.74, 6) is 0. The standard InChI is InChI=1S/C13H17N3S/c1-7-4-5-11(15-7)10-6-14-8(2)12-13(10)17-9(3)16-12/h6-7,11,15H,4-5H2,1-3H3/t7-,11-/m1/s1. The lowest BCUT2D eigenvalue weighted by atomic mass is 10.1. The van der Waals surface area contributed by atoms with Gasteiger partial charge in [0.25, 0.3) is 0 Å². The number of nitrogens with zero attached hydrogens (tertiary/aromatic N) is 2. The van der Waals surface area contributed by atoms with Crippen LogP contribution in [0.1, 0.15) is 42.1 Å². The zero-order valence-electron chi connectivity index (χ0n) is 10.4. The Kier molecular flexibility index (Phi) is 2.64. The SMILES string of the molecule is Cc1nc2c(C)ncc([C@H]3CC[C@@H](C)N3)c2s1. The Morgan fingerprint density at radius 1 is 1.35 bits per heavy atom. The predicted octanol–water partition coefficient (Wildman–Crippen LogP) is 3.12. The number of hydrogen-bond acceptors (Lipinski definition) is 4. The van der Waals surface area contributed by atoms with E-state index in [0.29, 0.717) is 12.1 Å². The van der Waals surface area contributed by atoms with Crippen LogP contribution in [0.2, 0.25) is 0 Å². The molecule has 3 nitrogen and oxygen atoms in total. The first-order valence-electron chi connectivity index (χ1n) is 6.14. The monoisotopic (exact) mass is 247 g/mol. The summed E-state index contributed by atoms with van der Waals surface area (Å²) in [6.07, 6.45) is 4.49. The summed E-state index contributed by atoms with van der Waals surface area (Å²) in [5.41, 5.74) is 3.46. The number of thiazole rings is 1. The summed E-state index contributed by atoms with van der Waals surface area (Å²) >= 11 is 1.79. The van der Waals surface area contributed by atoms with Gasteiger partial charge in [0.1, 0.15) is 5.52 Å². The van der Waals surface area contributed by atoms with E-state index in [2.05, 4.69) is 29.1 Å². The second kappa shape index (κ2) is 4.03. The lowest BCUT2D eigenvalue weighted by Crippen LogP contribution is -2.21. The number of aromatic nitrogens is 2. The minimum absolute atomic E-state index is 0.459. The van der Waals surface area contributed by atoms with Gasteiger partial charge in [-0.25, -0.2) is 4.98 Å². The van der Waals surface area contributed by atoms with Gasteiger partial charge in [-0.15, -0.1) is 11.3 Å². The highest BCUT2D eigenvalue weighted by molar-refractivity contribution is 7.18. The van der Waals surface area contributed by atoms with Crippen LogP contribution >= 0.6 is 11.3 Å². The van der Waals surface area contributed by atoms with Crippen LogP contribution in [0.15, 0.2) is 6.20 Å². The highest BCUT2D eigenvalue weighted by Gasteiger charge is 2.24. The van der Waals surface area contributed by atoms with Crippen molar-refractivity contribution in [3.05, 3.63) is 22.5 Å². The Labute approximate surface area is 105 Å². The molecular formula is C13H17N3S. The fraction of sp³-hybridized carbons (Fsp3) is 0.538. The van der Waals surface area contributed by atoms with Crippen molar-refractivity contribution >= 4 is 21.6 Å². The Hall–Kier alpha value is -1.00. The summed E-state index contributed by atoms with van der Waals surface area (Å²) < 4.78 is 1.32. The quantitative estimate of drug-likeness (QED) is 0.841. The predicted molar refractivity (Wildman–Crippen MR) is 71.5 cm³/mol. The van der Waals surface area contributed by atoms with Crippen molar-refractivity contribution in [1.29, 1.82) is 0 Å². The molecule has 0 unspecified atom stereocenters. The van der Waals surface area contributed by atoms with Gasteiger partial charge in [-0.1, -0.05) is 0 Å². The Morgan fingerprint density at radius 3 is 2.88 bits per heavy atom. The van der Waals surface area contributed by atoms with Crippen LogP contribution in [0.3, 0.4) is 0 Å². The molecule has 3 rings (SSSR count). The Balaban J connectivity index is 2.13. The molecule has 0 bridgehead atoms. The van der Waals surface area contributed by atoms with E-state index in [1.807, 2.05) is 13.1 Å². The van der Waals surface area contributed by atoms with Crippen LogP contribution in [0.25, 0.3) is 10.2 Å². The molecule has 0 radical (unpaired) electrons. The van der Waals surface area contributed by atoms with Crippen molar-refractivity contribution in [2.24, 2.45) is 0 Å². The van der Waals surface area contributed by atoms with E-state index in [-0.39, 0.29) is 0 Å². The first kappa shape index (κ1) is 11.1. The highest BCUT2D eigenvalue weighted by Crippen LogP contribution is 2.34. The number of nitrogens with one attached hydrogen (secondary N) is 1. The van der Waals surface area contributed by atoms with Crippen LogP contribution < -0.4 is 5.32 Å². The topological polar surface area (TPSA) is 37.8 Å². The van der Waals surface area contributed by atoms with Crippen LogP contribution in [-0.2, 0) is 0 Å². The molecule has 1 saturated heterocycles. The van der Waals surface area contributed by atoms with Crippen LogP contribution in [0.4, 0.5) is 0 Å². The minimum Gasteiger partial charge on any atom is -0.307 e. The third-order valence-electron chi connectivity index (χ3n) is 3.49. The van der Waals surface area contributed by atoms with Gasteiger partial charge in [-0.05, 0) is 33.6 Å². The second-order valence-electron chi connectivity index (χ2n) is 4.91. The maximum atomic E-state index is 4.59. The molecule has 90 valence electrons. The first-order chi connectivity index (χ1) is 8.15. The molecule has 1 fully saturated rings. The van der Waals surface area contributed by atoms with Crippen molar-refractivity contribution in [3.63, 3.8) is 0 Å². The molecule has 1 aliphatic rings. The van der Waals surface area contributed by atoms with Crippen molar-refractivity contribution in [1.82, 2.24) is 15.3 Å². The number of hydrogen-bond donors (Lipinski definition) is 1. The Morgan fingerprint density at radius 2 is 2.18 bits per heavy atom. The summed E-state index contributed by atoms with van der Waals surface area (Å²) in [7, 11) is 0. The number of pyridine rings is 1. The van der Waals surface area contributed by atoms with E-state index < -0.39 is 0 Å². The van der Waals surface area contributed by atoms with Gasteiger partial charge in [0.15, 0.2) is 0 Å². The summed E-state index contributed by atoms with van der Waals surface area (Å²) in [5, 5.41) is 4.76. The maximum absolute atomic E-state index is 4.59. The van der Waals surface area contributed by atoms with Crippen molar-refractivity contribution in [2.75, 3.05) is 0 Å². The van der Waals surface area contributed by atoms with E-state index in [1.165, 1.54) is 23.1 Å². The van der Waals surface area contributed by atoms with E-state index in [9.17, 15) is 0 Å². The van der Waals surface area contributed by atoms with Crippen molar-refractivity contribution < 1.29 is 0 Å². The van der Waals surface area contributed by atoms with Gasteiger partial charge in [0.05, 0.1) is 15.4 Å². The molecule has 0 saturated carbocycles. The smallest absolute Gasteiger partial charge is 0.103 e. The summed E-state index contributed by atoms with van der Waals surface area (Å²) in [6.45, 7) is 6.35. The first-order valence-corrected chi connectivity index (χ1v) is 6.95. The van der Waals surface area contributed by atoms with E-state index in [1.54, 1.807) is 11.3 Å². The van der Waals surface area contributed by atoms with Gasteiger partial charge in [-0.2, -0.15) is 0 Å². The number of aryl methyl sites for hydroxylation is 2. The highest BCUT2D eigenvalue weighted by atomic mass is 32.1.